The summed E-state index contributed by atoms with van der Waals surface area (Å²) in [6, 6.07) is 37.0. The number of benzene rings is 4. The van der Waals surface area contributed by atoms with Gasteiger partial charge < -0.3 is 4.40 Å². The third-order valence-corrected chi connectivity index (χ3v) is 7.90. The maximum atomic E-state index is 5.10. The number of hydrogen-bond donors (Lipinski definition) is 0. The minimum absolute atomic E-state index is 0.504. The van der Waals surface area contributed by atoms with Gasteiger partial charge in [0.15, 0.2) is 17.3 Å². The number of pyridine rings is 2. The van der Waals surface area contributed by atoms with Gasteiger partial charge in [0.05, 0.1) is 22.1 Å². The lowest BCUT2D eigenvalue weighted by atomic mass is 10.1. The van der Waals surface area contributed by atoms with E-state index in [4.69, 9.17) is 19.9 Å². The second-order valence-corrected chi connectivity index (χ2v) is 10.3. The number of fused-ring (bicyclic) bond motifs is 5. The Hall–Kier alpha value is -5.95. The topological polar surface area (TPSA) is 73.8 Å². The van der Waals surface area contributed by atoms with Crippen molar-refractivity contribution in [1.82, 2.24) is 33.9 Å². The fourth-order valence-corrected chi connectivity index (χ4v) is 6.09. The van der Waals surface area contributed by atoms with Crippen LogP contribution in [0.3, 0.4) is 0 Å². The average molecular weight is 540 g/mol. The van der Waals surface area contributed by atoms with Crippen LogP contribution < -0.4 is 0 Å². The summed E-state index contributed by atoms with van der Waals surface area (Å²) in [7, 11) is 0. The summed E-state index contributed by atoms with van der Waals surface area (Å²) < 4.78 is 4.38. The highest BCUT2D eigenvalue weighted by Crippen LogP contribution is 2.38. The Balaban J connectivity index is 1.52. The number of hydrogen-bond acceptors (Lipinski definition) is 5. The quantitative estimate of drug-likeness (QED) is 0.231. The minimum atomic E-state index is 0.504. The lowest BCUT2D eigenvalue weighted by molar-refractivity contribution is 0.940. The number of aromatic nitrogens is 7. The fourth-order valence-electron chi connectivity index (χ4n) is 6.09. The van der Waals surface area contributed by atoms with E-state index in [1.54, 1.807) is 0 Å². The predicted molar refractivity (Wildman–Crippen MR) is 167 cm³/mol. The molecule has 0 bridgehead atoms. The van der Waals surface area contributed by atoms with Gasteiger partial charge >= 0.3 is 0 Å². The maximum Gasteiger partial charge on any atom is 0.240 e. The van der Waals surface area contributed by atoms with Crippen LogP contribution in [0.5, 0.6) is 0 Å². The van der Waals surface area contributed by atoms with Gasteiger partial charge in [-0.2, -0.15) is 9.97 Å². The Morgan fingerprint density at radius 2 is 1.26 bits per heavy atom. The van der Waals surface area contributed by atoms with Gasteiger partial charge in [-0.15, -0.1) is 0 Å². The summed E-state index contributed by atoms with van der Waals surface area (Å²) in [5, 5.41) is 4.47. The summed E-state index contributed by atoms with van der Waals surface area (Å²) in [6.07, 6.45) is 5.61. The van der Waals surface area contributed by atoms with Crippen LogP contribution in [0.1, 0.15) is 0 Å². The van der Waals surface area contributed by atoms with E-state index in [2.05, 4.69) is 56.4 Å². The van der Waals surface area contributed by atoms with Crippen molar-refractivity contribution in [2.45, 2.75) is 0 Å². The molecular weight excluding hydrogens is 518 g/mol. The fraction of sp³-hybridized carbons (Fsp3) is 0. The van der Waals surface area contributed by atoms with E-state index >= 15 is 0 Å². The van der Waals surface area contributed by atoms with E-state index < -0.39 is 0 Å². The molecule has 0 aliphatic rings. The first-order valence-electron chi connectivity index (χ1n) is 13.8. The highest BCUT2D eigenvalue weighted by atomic mass is 15.2. The summed E-state index contributed by atoms with van der Waals surface area (Å²) >= 11 is 0. The Bertz CT molecular complexity index is 2390. The van der Waals surface area contributed by atoms with Crippen molar-refractivity contribution in [2.24, 2.45) is 0 Å². The van der Waals surface area contributed by atoms with E-state index in [1.807, 2.05) is 85.3 Å². The van der Waals surface area contributed by atoms with Gasteiger partial charge in [0.2, 0.25) is 5.95 Å². The predicted octanol–water partition coefficient (Wildman–Crippen LogP) is 7.65. The van der Waals surface area contributed by atoms with Crippen molar-refractivity contribution >= 4 is 49.3 Å². The second-order valence-electron chi connectivity index (χ2n) is 10.3. The van der Waals surface area contributed by atoms with Crippen LogP contribution in [-0.4, -0.2) is 33.9 Å². The van der Waals surface area contributed by atoms with Gasteiger partial charge in [0.25, 0.3) is 0 Å². The monoisotopic (exact) mass is 539 g/mol. The zero-order chi connectivity index (χ0) is 27.6. The standard InChI is InChI=1S/C35H21N7/c1-3-9-23(10-4-1)32-38-33(24-11-5-2-6-12-24)40-35(39-32)42-28-14-7-13-22-16-17-25-26-21-36-20-18-27(26)41(31(25)30(22)28)29-15-8-19-37-34(29)42/h1-21H. The summed E-state index contributed by atoms with van der Waals surface area (Å²) in [4.78, 5) is 24.6. The average Bonchev–Trinajstić information content (AvgIpc) is 3.33. The highest BCUT2D eigenvalue weighted by molar-refractivity contribution is 6.23. The molecule has 0 aliphatic carbocycles. The van der Waals surface area contributed by atoms with Crippen molar-refractivity contribution in [2.75, 3.05) is 0 Å². The van der Waals surface area contributed by atoms with Gasteiger partial charge in [-0.3, -0.25) is 9.55 Å². The molecule has 5 heterocycles. The van der Waals surface area contributed by atoms with Crippen LogP contribution in [0.25, 0.3) is 78.0 Å². The first-order valence-corrected chi connectivity index (χ1v) is 13.8. The molecule has 4 aromatic carbocycles. The molecule has 0 unspecified atom stereocenters. The number of rotatable bonds is 3. The van der Waals surface area contributed by atoms with E-state index in [-0.39, 0.29) is 0 Å². The van der Waals surface area contributed by atoms with E-state index in [1.165, 1.54) is 0 Å². The lowest BCUT2D eigenvalue weighted by Crippen LogP contribution is -2.08. The van der Waals surface area contributed by atoms with Crippen molar-refractivity contribution in [3.8, 4) is 28.7 Å². The van der Waals surface area contributed by atoms with Crippen LogP contribution in [0.4, 0.5) is 0 Å². The molecule has 5 aromatic heterocycles. The molecule has 7 nitrogen and oxygen atoms in total. The van der Waals surface area contributed by atoms with E-state index in [0.29, 0.717) is 17.6 Å². The Kier molecular flexibility index (Phi) is 4.77. The van der Waals surface area contributed by atoms with Crippen LogP contribution in [0.2, 0.25) is 0 Å². The molecule has 0 radical (unpaired) electrons. The third-order valence-electron chi connectivity index (χ3n) is 7.90. The van der Waals surface area contributed by atoms with Crippen molar-refractivity contribution in [1.29, 1.82) is 0 Å². The van der Waals surface area contributed by atoms with Gasteiger partial charge in [-0.05, 0) is 29.7 Å². The molecule has 7 heteroatoms. The molecule has 0 saturated heterocycles. The SMILES string of the molecule is c1ccc(-c2nc(-c3ccccc3)nc(-n3c4cccc5ccc6c7cnccc7n(c7cccnc73)c6c54)n2)cc1. The summed E-state index contributed by atoms with van der Waals surface area (Å²) in [6.45, 7) is 0. The highest BCUT2D eigenvalue weighted by Gasteiger charge is 2.21. The molecule has 9 aromatic rings. The molecule has 42 heavy (non-hydrogen) atoms. The van der Waals surface area contributed by atoms with Crippen molar-refractivity contribution in [3.05, 3.63) is 128 Å². The zero-order valence-electron chi connectivity index (χ0n) is 22.3. The first kappa shape index (κ1) is 22.8. The molecule has 0 saturated carbocycles. The number of nitrogens with zero attached hydrogens (tertiary/aromatic N) is 7. The Morgan fingerprint density at radius 1 is 0.524 bits per heavy atom. The first-order chi connectivity index (χ1) is 20.8. The second kappa shape index (κ2) is 8.78. The van der Waals surface area contributed by atoms with E-state index in [0.717, 1.165) is 60.4 Å². The van der Waals surface area contributed by atoms with Crippen molar-refractivity contribution in [3.63, 3.8) is 0 Å². The third kappa shape index (κ3) is 3.25. The van der Waals surface area contributed by atoms with Gasteiger partial charge in [0, 0.05) is 45.9 Å². The molecule has 0 aliphatic heterocycles. The summed E-state index contributed by atoms with van der Waals surface area (Å²) in [5.41, 5.74) is 6.65. The van der Waals surface area contributed by atoms with Gasteiger partial charge in [-0.25, -0.2) is 9.97 Å². The molecule has 196 valence electrons. The Morgan fingerprint density at radius 3 is 2.02 bits per heavy atom. The molecule has 0 atom stereocenters. The molecule has 0 fully saturated rings. The molecular formula is C35H21N7. The largest absolute Gasteiger partial charge is 0.305 e. The molecule has 0 spiro atoms. The molecule has 0 amide bonds. The summed E-state index contributed by atoms with van der Waals surface area (Å²) in [5.74, 6) is 1.70. The molecule has 0 N–H and O–H groups in total. The Labute approximate surface area is 239 Å². The van der Waals surface area contributed by atoms with Crippen LogP contribution in [-0.2, 0) is 0 Å². The normalized spacial score (nSPS) is 11.8. The van der Waals surface area contributed by atoms with E-state index in [9.17, 15) is 0 Å². The van der Waals surface area contributed by atoms with Crippen LogP contribution in [0, 0.1) is 0 Å². The van der Waals surface area contributed by atoms with Gasteiger partial charge in [-0.1, -0.05) is 84.9 Å². The van der Waals surface area contributed by atoms with Gasteiger partial charge in [0.1, 0.15) is 0 Å². The molecule has 9 rings (SSSR count). The van der Waals surface area contributed by atoms with Crippen LogP contribution >= 0.6 is 0 Å². The zero-order valence-corrected chi connectivity index (χ0v) is 22.3. The van der Waals surface area contributed by atoms with Crippen molar-refractivity contribution < 1.29 is 0 Å². The minimum Gasteiger partial charge on any atom is -0.305 e. The van der Waals surface area contributed by atoms with Crippen LogP contribution in [0.15, 0.2) is 128 Å². The smallest absolute Gasteiger partial charge is 0.240 e. The maximum absolute atomic E-state index is 5.10. The lowest BCUT2D eigenvalue weighted by Gasteiger charge is -2.13.